The number of imidazole rings is 1. The molecule has 2 aromatic rings. The number of hydrogen-bond donors (Lipinski definition) is 0. The topological polar surface area (TPSA) is 34.0 Å². The van der Waals surface area contributed by atoms with Crippen LogP contribution in [0.5, 0.6) is 0 Å². The second kappa shape index (κ2) is 4.46. The van der Waals surface area contributed by atoms with E-state index >= 15 is 0 Å². The van der Waals surface area contributed by atoms with Gasteiger partial charge in [-0.25, -0.2) is 4.98 Å². The summed E-state index contributed by atoms with van der Waals surface area (Å²) in [5.74, 6) is 2.84. The van der Waals surface area contributed by atoms with E-state index in [1.807, 2.05) is 24.7 Å². The van der Waals surface area contributed by atoms with Crippen LogP contribution in [0.15, 0.2) is 36.9 Å². The molecule has 1 fully saturated rings. The summed E-state index contributed by atoms with van der Waals surface area (Å²) in [4.78, 5) is 11.2. The van der Waals surface area contributed by atoms with Crippen molar-refractivity contribution in [3.05, 3.63) is 48.3 Å². The molecule has 0 aromatic carbocycles. The molecule has 2 aliphatic rings. The molecule has 4 heterocycles. The van der Waals surface area contributed by atoms with Crippen LogP contribution in [0.1, 0.15) is 11.4 Å². The van der Waals surface area contributed by atoms with Crippen molar-refractivity contribution < 1.29 is 0 Å². The second-order valence-corrected chi connectivity index (χ2v) is 5.78. The summed E-state index contributed by atoms with van der Waals surface area (Å²) in [6.45, 7) is 4.58. The van der Waals surface area contributed by atoms with E-state index in [2.05, 4.69) is 31.7 Å². The van der Waals surface area contributed by atoms with Crippen molar-refractivity contribution in [2.75, 3.05) is 13.1 Å². The Morgan fingerprint density at radius 1 is 1.16 bits per heavy atom. The molecule has 0 spiro atoms. The first-order valence-electron chi connectivity index (χ1n) is 7.00. The highest BCUT2D eigenvalue weighted by atomic mass is 15.2. The summed E-state index contributed by atoms with van der Waals surface area (Å²) in [5, 5.41) is 0. The molecule has 0 N–H and O–H groups in total. The maximum Gasteiger partial charge on any atom is 0.108 e. The number of rotatable bonds is 2. The maximum absolute atomic E-state index is 4.46. The largest absolute Gasteiger partial charge is 0.335 e. The van der Waals surface area contributed by atoms with Crippen LogP contribution in [0, 0.1) is 11.8 Å². The van der Waals surface area contributed by atoms with Crippen LogP contribution in [0.4, 0.5) is 0 Å². The van der Waals surface area contributed by atoms with E-state index in [4.69, 9.17) is 0 Å². The minimum absolute atomic E-state index is 0.784. The molecule has 0 unspecified atom stereocenters. The number of nitrogens with zero attached hydrogens (tertiary/aromatic N) is 4. The van der Waals surface area contributed by atoms with Gasteiger partial charge in [-0.05, 0) is 23.5 Å². The molecule has 98 valence electrons. The van der Waals surface area contributed by atoms with E-state index in [9.17, 15) is 0 Å². The molecule has 2 aromatic heterocycles. The fourth-order valence-corrected chi connectivity index (χ4v) is 3.54. The molecular formula is C15H18N4. The lowest BCUT2D eigenvalue weighted by molar-refractivity contribution is 0.306. The summed E-state index contributed by atoms with van der Waals surface area (Å²) in [5.41, 5.74) is 1.32. The van der Waals surface area contributed by atoms with Crippen LogP contribution in [0.25, 0.3) is 0 Å². The van der Waals surface area contributed by atoms with E-state index in [0.29, 0.717) is 0 Å². The molecule has 19 heavy (non-hydrogen) atoms. The molecule has 4 heteroatoms. The van der Waals surface area contributed by atoms with E-state index in [0.717, 1.165) is 31.3 Å². The average molecular weight is 254 g/mol. The van der Waals surface area contributed by atoms with Gasteiger partial charge in [0.15, 0.2) is 0 Å². The van der Waals surface area contributed by atoms with Crippen LogP contribution < -0.4 is 0 Å². The van der Waals surface area contributed by atoms with Gasteiger partial charge in [0.2, 0.25) is 0 Å². The molecular weight excluding hydrogens is 236 g/mol. The number of hydrogen-bond acceptors (Lipinski definition) is 3. The lowest BCUT2D eigenvalue weighted by Gasteiger charge is -2.25. The Kier molecular flexibility index (Phi) is 2.62. The van der Waals surface area contributed by atoms with Crippen molar-refractivity contribution in [2.24, 2.45) is 11.8 Å². The third-order valence-electron chi connectivity index (χ3n) is 4.46. The van der Waals surface area contributed by atoms with Crippen LogP contribution in [-0.4, -0.2) is 32.5 Å². The fraction of sp³-hybridized carbons (Fsp3) is 0.467. The quantitative estimate of drug-likeness (QED) is 0.816. The van der Waals surface area contributed by atoms with Crippen molar-refractivity contribution in [1.82, 2.24) is 19.4 Å². The van der Waals surface area contributed by atoms with E-state index in [-0.39, 0.29) is 0 Å². The number of pyridine rings is 1. The van der Waals surface area contributed by atoms with Crippen LogP contribution in [-0.2, 0) is 19.5 Å². The van der Waals surface area contributed by atoms with Crippen LogP contribution >= 0.6 is 0 Å². The Morgan fingerprint density at radius 3 is 3.00 bits per heavy atom. The molecule has 0 aliphatic carbocycles. The molecule has 0 radical (unpaired) electrons. The van der Waals surface area contributed by atoms with Crippen molar-refractivity contribution in [3.8, 4) is 0 Å². The van der Waals surface area contributed by atoms with Gasteiger partial charge in [-0.1, -0.05) is 6.07 Å². The Labute approximate surface area is 113 Å². The molecule has 0 saturated carbocycles. The average Bonchev–Trinajstić information content (AvgIpc) is 3.01. The Bertz CT molecular complexity index is 534. The first kappa shape index (κ1) is 11.2. The lowest BCUT2D eigenvalue weighted by atomic mass is 9.90. The van der Waals surface area contributed by atoms with Gasteiger partial charge >= 0.3 is 0 Å². The maximum atomic E-state index is 4.46. The zero-order valence-electron chi connectivity index (χ0n) is 10.9. The smallest absolute Gasteiger partial charge is 0.108 e. The SMILES string of the molecule is c1cncc(CN2C[C@@H]3Cn4ccnc4C[C@H]3C2)c1. The van der Waals surface area contributed by atoms with Crippen LogP contribution in [0.2, 0.25) is 0 Å². The minimum Gasteiger partial charge on any atom is -0.335 e. The van der Waals surface area contributed by atoms with Gasteiger partial charge in [-0.3, -0.25) is 9.88 Å². The van der Waals surface area contributed by atoms with E-state index in [1.165, 1.54) is 24.5 Å². The van der Waals surface area contributed by atoms with Crippen LogP contribution in [0.3, 0.4) is 0 Å². The molecule has 4 rings (SSSR count). The number of fused-ring (bicyclic) bond motifs is 2. The fourth-order valence-electron chi connectivity index (χ4n) is 3.54. The highest BCUT2D eigenvalue weighted by Gasteiger charge is 2.36. The molecule has 1 saturated heterocycles. The monoisotopic (exact) mass is 254 g/mol. The predicted molar refractivity (Wildman–Crippen MR) is 72.4 cm³/mol. The molecule has 0 bridgehead atoms. The number of aromatic nitrogens is 3. The van der Waals surface area contributed by atoms with Gasteiger partial charge < -0.3 is 4.57 Å². The third-order valence-corrected chi connectivity index (χ3v) is 4.46. The zero-order chi connectivity index (χ0) is 12.7. The zero-order valence-corrected chi connectivity index (χ0v) is 10.9. The lowest BCUT2D eigenvalue weighted by Crippen LogP contribution is -2.27. The Balaban J connectivity index is 1.46. The van der Waals surface area contributed by atoms with Gasteiger partial charge in [-0.2, -0.15) is 0 Å². The van der Waals surface area contributed by atoms with Gasteiger partial charge in [0.25, 0.3) is 0 Å². The highest BCUT2D eigenvalue weighted by molar-refractivity contribution is 5.09. The summed E-state index contributed by atoms with van der Waals surface area (Å²) in [7, 11) is 0. The van der Waals surface area contributed by atoms with Crippen molar-refractivity contribution >= 4 is 0 Å². The first-order chi connectivity index (χ1) is 9.38. The van der Waals surface area contributed by atoms with E-state index in [1.54, 1.807) is 0 Å². The Hall–Kier alpha value is -1.68. The molecule has 2 aliphatic heterocycles. The molecule has 4 nitrogen and oxygen atoms in total. The third kappa shape index (κ3) is 2.06. The van der Waals surface area contributed by atoms with Gasteiger partial charge in [0, 0.05) is 57.4 Å². The predicted octanol–water partition coefficient (Wildman–Crippen LogP) is 1.58. The van der Waals surface area contributed by atoms with Crippen molar-refractivity contribution in [2.45, 2.75) is 19.5 Å². The molecule has 2 atom stereocenters. The summed E-state index contributed by atoms with van der Waals surface area (Å²) in [6.07, 6.45) is 9.01. The van der Waals surface area contributed by atoms with Gasteiger partial charge in [-0.15, -0.1) is 0 Å². The van der Waals surface area contributed by atoms with Crippen molar-refractivity contribution in [1.29, 1.82) is 0 Å². The Morgan fingerprint density at radius 2 is 2.11 bits per heavy atom. The second-order valence-electron chi connectivity index (χ2n) is 5.78. The summed E-state index contributed by atoms with van der Waals surface area (Å²) < 4.78 is 2.33. The minimum atomic E-state index is 0.784. The van der Waals surface area contributed by atoms with E-state index < -0.39 is 0 Å². The van der Waals surface area contributed by atoms with Gasteiger partial charge in [0.1, 0.15) is 5.82 Å². The normalized spacial score (nSPS) is 26.1. The highest BCUT2D eigenvalue weighted by Crippen LogP contribution is 2.32. The van der Waals surface area contributed by atoms with Crippen molar-refractivity contribution in [3.63, 3.8) is 0 Å². The van der Waals surface area contributed by atoms with Gasteiger partial charge in [0.05, 0.1) is 0 Å². The number of likely N-dealkylation sites (tertiary alicyclic amines) is 1. The molecule has 0 amide bonds. The summed E-state index contributed by atoms with van der Waals surface area (Å²) >= 11 is 0. The first-order valence-corrected chi connectivity index (χ1v) is 7.00. The standard InChI is InChI=1S/C15H18N4/c1-2-12(7-16-3-1)8-18-9-13-6-15-17-4-5-19(15)11-14(13)10-18/h1-5,7,13-14H,6,8-11H2/t13-,14+/m0/s1. The summed E-state index contributed by atoms with van der Waals surface area (Å²) in [6, 6.07) is 4.19.